The predicted octanol–water partition coefficient (Wildman–Crippen LogP) is 6.82. The lowest BCUT2D eigenvalue weighted by Crippen LogP contribution is -2.40. The van der Waals surface area contributed by atoms with Gasteiger partial charge in [-0.15, -0.1) is 0 Å². The summed E-state index contributed by atoms with van der Waals surface area (Å²) in [6, 6.07) is 8.01. The van der Waals surface area contributed by atoms with Crippen LogP contribution in [0.25, 0.3) is 11.1 Å². The molecule has 264 valence electrons. The van der Waals surface area contributed by atoms with E-state index in [4.69, 9.17) is 9.47 Å². The Labute approximate surface area is 290 Å². The van der Waals surface area contributed by atoms with E-state index in [1.54, 1.807) is 42.4 Å². The summed E-state index contributed by atoms with van der Waals surface area (Å²) in [6.07, 6.45) is 1.42. The van der Waals surface area contributed by atoms with Crippen molar-refractivity contribution in [2.75, 3.05) is 19.8 Å². The zero-order valence-electron chi connectivity index (χ0n) is 29.1. The summed E-state index contributed by atoms with van der Waals surface area (Å²) in [6.45, 7) is 13.0. The number of fused-ring (bicyclic) bond motifs is 1. The fourth-order valence-electron chi connectivity index (χ4n) is 6.01. The second-order valence-electron chi connectivity index (χ2n) is 13.6. The molecular weight excluding hydrogens is 666 g/mol. The number of hydrogen-bond acceptors (Lipinski definition) is 7. The maximum atomic E-state index is 14.6. The summed E-state index contributed by atoms with van der Waals surface area (Å²) in [7, 11) is -1.44. The molecule has 1 aromatic carbocycles. The molecule has 0 aliphatic carbocycles. The molecule has 1 unspecified atom stereocenters. The number of rotatable bonds is 12. The van der Waals surface area contributed by atoms with Crippen molar-refractivity contribution in [1.29, 1.82) is 5.26 Å². The topological polar surface area (TPSA) is 115 Å². The number of nitrogens with zero attached hydrogens (tertiary/aromatic N) is 6. The van der Waals surface area contributed by atoms with Crippen LogP contribution in [0.2, 0.25) is 25.7 Å². The molecule has 5 rings (SSSR count). The molecule has 1 aliphatic rings. The third-order valence-corrected chi connectivity index (χ3v) is 10.5. The maximum Gasteiger partial charge on any atom is 0.417 e. The van der Waals surface area contributed by atoms with Crippen LogP contribution in [0.1, 0.15) is 64.0 Å². The maximum absolute atomic E-state index is 14.6. The van der Waals surface area contributed by atoms with Gasteiger partial charge in [0.15, 0.2) is 0 Å². The Morgan fingerprint density at radius 2 is 1.80 bits per heavy atom. The number of ether oxygens (including phenoxy) is 2. The van der Waals surface area contributed by atoms with Gasteiger partial charge < -0.3 is 18.9 Å². The first-order valence-electron chi connectivity index (χ1n) is 16.5. The Balaban J connectivity index is 1.62. The highest BCUT2D eigenvalue weighted by Gasteiger charge is 2.37. The summed E-state index contributed by atoms with van der Waals surface area (Å²) in [5.41, 5.74) is 0.228. The van der Waals surface area contributed by atoms with Gasteiger partial charge >= 0.3 is 6.18 Å². The number of imidazole rings is 1. The van der Waals surface area contributed by atoms with Crippen LogP contribution in [-0.4, -0.2) is 57.7 Å². The lowest BCUT2D eigenvalue weighted by molar-refractivity contribution is -0.137. The van der Waals surface area contributed by atoms with Crippen molar-refractivity contribution >= 4 is 14.0 Å². The Morgan fingerprint density at radius 1 is 1.06 bits per heavy atom. The van der Waals surface area contributed by atoms with Gasteiger partial charge in [-0.3, -0.25) is 19.1 Å². The fourth-order valence-corrected chi connectivity index (χ4v) is 6.77. The number of halogens is 3. The summed E-state index contributed by atoms with van der Waals surface area (Å²) in [5, 5.41) is 9.48. The van der Waals surface area contributed by atoms with E-state index in [-0.39, 0.29) is 54.4 Å². The van der Waals surface area contributed by atoms with Gasteiger partial charge in [0.1, 0.15) is 29.9 Å². The Hall–Kier alpha value is -4.74. The third-order valence-electron chi connectivity index (χ3n) is 8.83. The first kappa shape index (κ1) is 36.5. The Morgan fingerprint density at radius 3 is 2.44 bits per heavy atom. The van der Waals surface area contributed by atoms with E-state index in [1.165, 1.54) is 12.4 Å². The van der Waals surface area contributed by atoms with Gasteiger partial charge in [-0.1, -0.05) is 19.6 Å². The van der Waals surface area contributed by atoms with E-state index in [0.717, 1.165) is 10.6 Å². The molecule has 1 atom stereocenters. The summed E-state index contributed by atoms with van der Waals surface area (Å²) >= 11 is 0. The number of amides is 1. The van der Waals surface area contributed by atoms with E-state index in [1.807, 2.05) is 18.4 Å². The average molecular weight is 707 g/mol. The van der Waals surface area contributed by atoms with Crippen LogP contribution in [0.5, 0.6) is 5.75 Å². The van der Waals surface area contributed by atoms with Crippen LogP contribution < -0.4 is 10.3 Å². The normalized spacial score (nSPS) is 14.0. The predicted molar refractivity (Wildman–Crippen MR) is 185 cm³/mol. The standard InChI is InChI=1S/C36H41F3N6O4Si/c1-7-49-33-17-32(42-19-26(33)18-40)23(2)45-10-8-27-28(14-25(15-29(27)35(45)47)20-43-11-9-41-24(43)3)30-21-44(22-48-12-13-50(4,5)6)34(46)16-31(30)36(37,38)39/h9,11,14-17,19,21,23H,7-8,10,12-13,20,22H2,1-6H3. The number of pyridine rings is 2. The zero-order valence-corrected chi connectivity index (χ0v) is 30.1. The molecule has 0 N–H and O–H groups in total. The zero-order chi connectivity index (χ0) is 36.4. The summed E-state index contributed by atoms with van der Waals surface area (Å²) in [4.78, 5) is 37.6. The number of nitriles is 1. The minimum absolute atomic E-state index is 0.198. The number of aromatic nitrogens is 4. The van der Waals surface area contributed by atoms with Crippen molar-refractivity contribution in [2.24, 2.45) is 0 Å². The molecule has 0 bridgehead atoms. The second-order valence-corrected chi connectivity index (χ2v) is 19.2. The smallest absolute Gasteiger partial charge is 0.417 e. The first-order valence-corrected chi connectivity index (χ1v) is 20.2. The van der Waals surface area contributed by atoms with Crippen molar-refractivity contribution in [3.63, 3.8) is 0 Å². The molecule has 14 heteroatoms. The molecule has 1 aliphatic heterocycles. The Kier molecular flexibility index (Phi) is 10.7. The average Bonchev–Trinajstić information content (AvgIpc) is 3.46. The van der Waals surface area contributed by atoms with Crippen LogP contribution in [-0.2, 0) is 30.6 Å². The van der Waals surface area contributed by atoms with Crippen LogP contribution in [0, 0.1) is 18.3 Å². The van der Waals surface area contributed by atoms with Crippen molar-refractivity contribution in [2.45, 2.75) is 78.4 Å². The van der Waals surface area contributed by atoms with Crippen molar-refractivity contribution in [3.8, 4) is 22.9 Å². The minimum Gasteiger partial charge on any atom is -0.492 e. The molecule has 0 saturated heterocycles. The van der Waals surface area contributed by atoms with Gasteiger partial charge in [-0.2, -0.15) is 18.4 Å². The van der Waals surface area contributed by atoms with Crippen LogP contribution in [0.15, 0.2) is 53.8 Å². The van der Waals surface area contributed by atoms with Crippen LogP contribution in [0.4, 0.5) is 13.2 Å². The van der Waals surface area contributed by atoms with E-state index in [2.05, 4.69) is 35.7 Å². The van der Waals surface area contributed by atoms with Gasteiger partial charge in [0, 0.05) is 75.8 Å². The van der Waals surface area contributed by atoms with Crippen LogP contribution in [0.3, 0.4) is 0 Å². The third kappa shape index (κ3) is 8.00. The highest BCUT2D eigenvalue weighted by Crippen LogP contribution is 2.41. The number of benzene rings is 1. The highest BCUT2D eigenvalue weighted by molar-refractivity contribution is 6.76. The van der Waals surface area contributed by atoms with Gasteiger partial charge in [0.25, 0.3) is 11.5 Å². The van der Waals surface area contributed by atoms with Gasteiger partial charge in [0.2, 0.25) is 0 Å². The lowest BCUT2D eigenvalue weighted by Gasteiger charge is -2.35. The molecule has 4 aromatic rings. The van der Waals surface area contributed by atoms with E-state index in [9.17, 15) is 28.0 Å². The molecule has 0 radical (unpaired) electrons. The molecular formula is C36H41F3N6O4Si. The molecule has 3 aromatic heterocycles. The number of alkyl halides is 3. The highest BCUT2D eigenvalue weighted by atomic mass is 28.3. The molecule has 0 fully saturated rings. The summed E-state index contributed by atoms with van der Waals surface area (Å²) < 4.78 is 58.3. The first-order chi connectivity index (χ1) is 23.6. The number of aryl methyl sites for hydroxylation is 1. The van der Waals surface area contributed by atoms with Crippen molar-refractivity contribution in [3.05, 3.63) is 98.7 Å². The minimum atomic E-state index is -4.84. The van der Waals surface area contributed by atoms with Gasteiger partial charge in [-0.05, 0) is 62.1 Å². The molecule has 10 nitrogen and oxygen atoms in total. The lowest BCUT2D eigenvalue weighted by atomic mass is 9.86. The van der Waals surface area contributed by atoms with Gasteiger partial charge in [0.05, 0.1) is 23.9 Å². The molecule has 4 heterocycles. The Bertz CT molecular complexity index is 1990. The quantitative estimate of drug-likeness (QED) is 0.117. The number of carbonyl (C=O) groups is 1. The fraction of sp³-hybridized carbons (Fsp3) is 0.417. The summed E-state index contributed by atoms with van der Waals surface area (Å²) in [5.74, 6) is 0.684. The molecule has 0 spiro atoms. The van der Waals surface area contributed by atoms with Crippen molar-refractivity contribution in [1.82, 2.24) is 24.0 Å². The number of carbonyl (C=O) groups excluding carboxylic acids is 1. The monoisotopic (exact) mass is 706 g/mol. The van der Waals surface area contributed by atoms with Crippen molar-refractivity contribution < 1.29 is 27.4 Å². The van der Waals surface area contributed by atoms with Gasteiger partial charge in [-0.25, -0.2) is 4.98 Å². The molecule has 1 amide bonds. The van der Waals surface area contributed by atoms with Crippen LogP contribution >= 0.6 is 0 Å². The SMILES string of the molecule is CCOc1cc(C(C)N2CCc3c(cc(Cn4ccnc4C)cc3-c3cn(COCC[Si](C)(C)C)c(=O)cc3C(F)(F)F)C2=O)ncc1C#N. The molecule has 0 saturated carbocycles. The van der Waals surface area contributed by atoms with E-state index < -0.39 is 31.4 Å². The number of hydrogen-bond donors (Lipinski definition) is 0. The largest absolute Gasteiger partial charge is 0.492 e. The van der Waals surface area contributed by atoms with E-state index >= 15 is 0 Å². The molecule has 50 heavy (non-hydrogen) atoms. The van der Waals surface area contributed by atoms with E-state index in [0.29, 0.717) is 47.7 Å². The second kappa shape index (κ2) is 14.6.